The molecule has 3 rings (SSSR count). The zero-order chi connectivity index (χ0) is 25.8. The topological polar surface area (TPSA) is 74.9 Å². The molecule has 2 amide bonds. The van der Waals surface area contributed by atoms with Gasteiger partial charge in [0.1, 0.15) is 5.75 Å². The Balaban J connectivity index is 1.76. The molecule has 0 fully saturated rings. The van der Waals surface area contributed by atoms with Gasteiger partial charge in [-0.05, 0) is 49.1 Å². The number of hydrogen-bond acceptors (Lipinski definition) is 4. The second-order valence-electron chi connectivity index (χ2n) is 8.91. The average Bonchev–Trinajstić information content (AvgIpc) is 3.31. The monoisotopic (exact) mass is 493 g/mol. The Morgan fingerprint density at radius 2 is 1.72 bits per heavy atom. The van der Waals surface area contributed by atoms with E-state index in [9.17, 15) is 9.59 Å². The maximum atomic E-state index is 13.6. The predicted octanol–water partition coefficient (Wildman–Crippen LogP) is 4.80. The van der Waals surface area contributed by atoms with Gasteiger partial charge < -0.3 is 24.3 Å². The fraction of sp³-hybridized carbons (Fsp3) is 0.448. The van der Waals surface area contributed by atoms with E-state index in [0.29, 0.717) is 45.7 Å². The molecule has 3 aromatic rings. The molecule has 0 aliphatic rings. The maximum absolute atomic E-state index is 13.6. The summed E-state index contributed by atoms with van der Waals surface area (Å²) in [5, 5.41) is 1.17. The lowest BCUT2D eigenvalue weighted by molar-refractivity contribution is -0.141. The zero-order valence-corrected chi connectivity index (χ0v) is 21.8. The first-order chi connectivity index (χ1) is 17.5. The van der Waals surface area contributed by atoms with E-state index in [1.807, 2.05) is 54.4 Å². The summed E-state index contributed by atoms with van der Waals surface area (Å²) in [4.78, 5) is 33.2. The van der Waals surface area contributed by atoms with Gasteiger partial charge in [-0.15, -0.1) is 0 Å². The van der Waals surface area contributed by atoms with E-state index >= 15 is 0 Å². The summed E-state index contributed by atoms with van der Waals surface area (Å²) in [5.74, 6) is 0.745. The first-order valence-corrected chi connectivity index (χ1v) is 12.9. The van der Waals surface area contributed by atoms with E-state index < -0.39 is 0 Å². The van der Waals surface area contributed by atoms with Gasteiger partial charge in [0.2, 0.25) is 11.8 Å². The van der Waals surface area contributed by atoms with Crippen molar-refractivity contribution in [2.24, 2.45) is 0 Å². The minimum atomic E-state index is -0.0651. The Bertz CT molecular complexity index is 1090. The van der Waals surface area contributed by atoms with Crippen LogP contribution in [0.5, 0.6) is 5.75 Å². The lowest BCUT2D eigenvalue weighted by Crippen LogP contribution is -2.44. The van der Waals surface area contributed by atoms with Crippen molar-refractivity contribution in [3.05, 3.63) is 65.9 Å². The predicted molar refractivity (Wildman–Crippen MR) is 143 cm³/mol. The highest BCUT2D eigenvalue weighted by atomic mass is 16.5. The van der Waals surface area contributed by atoms with Crippen LogP contribution in [0.25, 0.3) is 10.9 Å². The summed E-state index contributed by atoms with van der Waals surface area (Å²) in [6.45, 7) is 6.50. The largest absolute Gasteiger partial charge is 0.494 e. The number of carbonyl (C=O) groups is 2. The van der Waals surface area contributed by atoms with Gasteiger partial charge in [0.05, 0.1) is 19.8 Å². The summed E-state index contributed by atoms with van der Waals surface area (Å²) >= 11 is 0. The van der Waals surface area contributed by atoms with E-state index in [1.165, 1.54) is 10.9 Å². The minimum Gasteiger partial charge on any atom is -0.494 e. The lowest BCUT2D eigenvalue weighted by atomic mass is 10.1. The summed E-state index contributed by atoms with van der Waals surface area (Å²) in [5.41, 5.74) is 3.28. The van der Waals surface area contributed by atoms with Gasteiger partial charge in [-0.2, -0.15) is 0 Å². The van der Waals surface area contributed by atoms with Crippen molar-refractivity contribution in [2.75, 3.05) is 40.0 Å². The molecule has 0 radical (unpaired) electrons. The van der Waals surface area contributed by atoms with Gasteiger partial charge in [0.15, 0.2) is 0 Å². The highest BCUT2D eigenvalue weighted by Crippen LogP contribution is 2.19. The number of aromatic nitrogens is 1. The summed E-state index contributed by atoms with van der Waals surface area (Å²) in [6, 6.07) is 16.0. The lowest BCUT2D eigenvalue weighted by Gasteiger charge is -2.28. The molecule has 0 saturated carbocycles. The number of hydrogen-bond donors (Lipinski definition) is 1. The third kappa shape index (κ3) is 7.85. The normalized spacial score (nSPS) is 11.0. The van der Waals surface area contributed by atoms with Crippen molar-refractivity contribution < 1.29 is 19.1 Å². The molecule has 0 saturated heterocycles. The van der Waals surface area contributed by atoms with Crippen LogP contribution in [0.3, 0.4) is 0 Å². The number of amides is 2. The molecule has 1 N–H and O–H groups in total. The van der Waals surface area contributed by atoms with Crippen LogP contribution in [0.15, 0.2) is 54.7 Å². The fourth-order valence-corrected chi connectivity index (χ4v) is 4.21. The highest BCUT2D eigenvalue weighted by Gasteiger charge is 2.21. The Kier molecular flexibility index (Phi) is 10.8. The number of nitrogens with zero attached hydrogens (tertiary/aromatic N) is 2. The fourth-order valence-electron chi connectivity index (χ4n) is 4.21. The molecule has 7 nitrogen and oxygen atoms in total. The second-order valence-corrected chi connectivity index (χ2v) is 8.91. The number of para-hydroxylation sites is 1. The second kappa shape index (κ2) is 14.3. The number of ether oxygens (including phenoxy) is 2. The molecule has 36 heavy (non-hydrogen) atoms. The van der Waals surface area contributed by atoms with E-state index in [0.717, 1.165) is 29.7 Å². The first-order valence-electron chi connectivity index (χ1n) is 12.9. The van der Waals surface area contributed by atoms with Gasteiger partial charge in [-0.25, -0.2) is 0 Å². The van der Waals surface area contributed by atoms with E-state index in [1.54, 1.807) is 12.0 Å². The minimum absolute atomic E-state index is 0.0000964. The van der Waals surface area contributed by atoms with Crippen LogP contribution >= 0.6 is 0 Å². The molecule has 0 atom stereocenters. The molecule has 194 valence electrons. The molecule has 1 aromatic heterocycles. The van der Waals surface area contributed by atoms with Crippen LogP contribution in [0.4, 0.5) is 0 Å². The van der Waals surface area contributed by atoms with E-state index in [4.69, 9.17) is 9.47 Å². The molecule has 0 aliphatic heterocycles. The summed E-state index contributed by atoms with van der Waals surface area (Å²) in [6.07, 6.45) is 4.93. The molecule has 7 heteroatoms. The van der Waals surface area contributed by atoms with Crippen molar-refractivity contribution in [2.45, 2.75) is 46.1 Å². The number of rotatable bonds is 15. The molecule has 0 unspecified atom stereocenters. The van der Waals surface area contributed by atoms with Crippen molar-refractivity contribution >= 4 is 22.7 Å². The smallest absolute Gasteiger partial charge is 0.242 e. The number of unbranched alkanes of at least 4 members (excludes halogenated alkanes) is 1. The molecular formula is C29H39N3O4. The molecule has 0 aliphatic carbocycles. The number of aromatic amines is 1. The molecular weight excluding hydrogens is 454 g/mol. The van der Waals surface area contributed by atoms with Crippen LogP contribution in [-0.2, 0) is 27.3 Å². The van der Waals surface area contributed by atoms with Gasteiger partial charge >= 0.3 is 0 Å². The Morgan fingerprint density at radius 3 is 2.44 bits per heavy atom. The van der Waals surface area contributed by atoms with Gasteiger partial charge in [-0.1, -0.05) is 43.7 Å². The van der Waals surface area contributed by atoms with Gasteiger partial charge in [-0.3, -0.25) is 9.59 Å². The number of nitrogens with one attached hydrogen (secondary N) is 1. The summed E-state index contributed by atoms with van der Waals surface area (Å²) < 4.78 is 10.8. The Morgan fingerprint density at radius 1 is 0.944 bits per heavy atom. The number of methoxy groups -OCH3 is 1. The standard InChI is InChI=1S/C29H39N3O4/c1-4-6-11-28(33)32(18-19-35-3)22-29(34)31(21-23-12-14-25(15-13-23)36-5-2)17-16-24-20-30-27-10-8-7-9-26(24)27/h7-10,12-15,20,30H,4-6,11,16-19,21-22H2,1-3H3. The maximum Gasteiger partial charge on any atom is 0.242 e. The quantitative estimate of drug-likeness (QED) is 0.330. The van der Waals surface area contributed by atoms with Crippen molar-refractivity contribution in [1.82, 2.24) is 14.8 Å². The number of fused-ring (bicyclic) bond motifs is 1. The average molecular weight is 494 g/mol. The van der Waals surface area contributed by atoms with Crippen LogP contribution < -0.4 is 4.74 Å². The van der Waals surface area contributed by atoms with Crippen molar-refractivity contribution in [1.29, 1.82) is 0 Å². The third-order valence-electron chi connectivity index (χ3n) is 6.27. The third-order valence-corrected chi connectivity index (χ3v) is 6.27. The molecule has 1 heterocycles. The molecule has 0 spiro atoms. The summed E-state index contributed by atoms with van der Waals surface area (Å²) in [7, 11) is 1.61. The van der Waals surface area contributed by atoms with Crippen LogP contribution in [0, 0.1) is 0 Å². The van der Waals surface area contributed by atoms with Crippen LogP contribution in [0.2, 0.25) is 0 Å². The number of benzene rings is 2. The highest BCUT2D eigenvalue weighted by molar-refractivity contribution is 5.85. The Hall–Kier alpha value is -3.32. The van der Waals surface area contributed by atoms with Crippen molar-refractivity contribution in [3.63, 3.8) is 0 Å². The molecule has 0 bridgehead atoms. The van der Waals surface area contributed by atoms with E-state index in [2.05, 4.69) is 24.0 Å². The number of H-pyrrole nitrogens is 1. The first kappa shape index (κ1) is 27.3. The molecule has 2 aromatic carbocycles. The van der Waals surface area contributed by atoms with Gasteiger partial charge in [0.25, 0.3) is 0 Å². The van der Waals surface area contributed by atoms with Crippen molar-refractivity contribution in [3.8, 4) is 5.75 Å². The van der Waals surface area contributed by atoms with E-state index in [-0.39, 0.29) is 18.4 Å². The Labute approximate surface area is 214 Å². The number of carbonyl (C=O) groups excluding carboxylic acids is 2. The van der Waals surface area contributed by atoms with Gasteiger partial charge in [0, 0.05) is 50.3 Å². The zero-order valence-electron chi connectivity index (χ0n) is 21.8. The SMILES string of the molecule is CCCCC(=O)N(CCOC)CC(=O)N(CCc1c[nH]c2ccccc12)Cc1ccc(OCC)cc1. The van der Waals surface area contributed by atoms with Crippen LogP contribution in [0.1, 0.15) is 44.2 Å². The van der Waals surface area contributed by atoms with Crippen LogP contribution in [-0.4, -0.2) is 66.6 Å².